The zero-order valence-corrected chi connectivity index (χ0v) is 15.0. The van der Waals surface area contributed by atoms with E-state index in [9.17, 15) is 9.59 Å². The number of imide groups is 1. The third-order valence-corrected chi connectivity index (χ3v) is 4.58. The number of carbonyl (C=O) groups excluding carboxylic acids is 2. The van der Waals surface area contributed by atoms with Gasteiger partial charge in [0.25, 0.3) is 5.91 Å². The van der Waals surface area contributed by atoms with Gasteiger partial charge in [-0.15, -0.1) is 0 Å². The lowest BCUT2D eigenvalue weighted by Gasteiger charge is -2.23. The Morgan fingerprint density at radius 2 is 1.65 bits per heavy atom. The maximum absolute atomic E-state index is 12.1. The van der Waals surface area contributed by atoms with Gasteiger partial charge in [0.1, 0.15) is 5.75 Å². The lowest BCUT2D eigenvalue weighted by Crippen LogP contribution is -2.34. The molecule has 0 saturated heterocycles. The summed E-state index contributed by atoms with van der Waals surface area (Å²) in [7, 11) is 0. The van der Waals surface area contributed by atoms with Gasteiger partial charge in [-0.05, 0) is 68.5 Å². The van der Waals surface area contributed by atoms with Crippen molar-refractivity contribution in [3.05, 3.63) is 59.7 Å². The van der Waals surface area contributed by atoms with E-state index >= 15 is 0 Å². The fraction of sp³-hybridized carbons (Fsp3) is 0.333. The van der Waals surface area contributed by atoms with Crippen LogP contribution in [0.1, 0.15) is 48.0 Å². The minimum Gasteiger partial charge on any atom is -0.490 e. The molecule has 3 amide bonds. The first-order chi connectivity index (χ1) is 12.6. The lowest BCUT2D eigenvalue weighted by atomic mass is 9.98. The van der Waals surface area contributed by atoms with Gasteiger partial charge in [-0.2, -0.15) is 0 Å². The Morgan fingerprint density at radius 3 is 2.35 bits per heavy atom. The molecule has 1 aliphatic carbocycles. The second-order valence-corrected chi connectivity index (χ2v) is 6.63. The van der Waals surface area contributed by atoms with Gasteiger partial charge in [-0.1, -0.05) is 24.6 Å². The molecule has 5 heteroatoms. The number of amides is 3. The first-order valence-electron chi connectivity index (χ1n) is 9.06. The quantitative estimate of drug-likeness (QED) is 0.840. The van der Waals surface area contributed by atoms with Crippen molar-refractivity contribution in [1.29, 1.82) is 0 Å². The van der Waals surface area contributed by atoms with E-state index in [-0.39, 0.29) is 6.10 Å². The largest absolute Gasteiger partial charge is 0.490 e. The number of urea groups is 1. The molecule has 0 atom stereocenters. The van der Waals surface area contributed by atoms with Crippen LogP contribution in [-0.4, -0.2) is 18.0 Å². The number of anilines is 1. The number of hydrogen-bond acceptors (Lipinski definition) is 3. The number of rotatable bonds is 4. The molecule has 5 nitrogen and oxygen atoms in total. The van der Waals surface area contributed by atoms with Crippen molar-refractivity contribution >= 4 is 17.6 Å². The van der Waals surface area contributed by atoms with E-state index in [2.05, 4.69) is 10.6 Å². The Kier molecular flexibility index (Phi) is 5.89. The first-order valence-corrected chi connectivity index (χ1v) is 9.06. The molecule has 2 aromatic carbocycles. The van der Waals surface area contributed by atoms with E-state index in [0.717, 1.165) is 24.2 Å². The van der Waals surface area contributed by atoms with Gasteiger partial charge in [-0.3, -0.25) is 10.1 Å². The molecular formula is C21H24N2O3. The molecule has 2 N–H and O–H groups in total. The van der Waals surface area contributed by atoms with Crippen LogP contribution in [0.25, 0.3) is 0 Å². The summed E-state index contributed by atoms with van der Waals surface area (Å²) in [5.74, 6) is 0.386. The van der Waals surface area contributed by atoms with Crippen LogP contribution in [0.5, 0.6) is 5.75 Å². The summed E-state index contributed by atoms with van der Waals surface area (Å²) in [5, 5.41) is 5.01. The van der Waals surface area contributed by atoms with Crippen LogP contribution in [0.3, 0.4) is 0 Å². The SMILES string of the molecule is Cc1ccccc1C(=O)NC(=O)Nc1ccc(OC2CCCCC2)cc1. The van der Waals surface area contributed by atoms with Crippen LogP contribution in [0.15, 0.2) is 48.5 Å². The normalized spacial score (nSPS) is 14.5. The highest BCUT2D eigenvalue weighted by Gasteiger charge is 2.15. The summed E-state index contributed by atoms with van der Waals surface area (Å²) in [4.78, 5) is 24.2. The number of nitrogens with one attached hydrogen (secondary N) is 2. The lowest BCUT2D eigenvalue weighted by molar-refractivity contribution is 0.0966. The highest BCUT2D eigenvalue weighted by molar-refractivity contribution is 6.08. The molecule has 0 unspecified atom stereocenters. The maximum Gasteiger partial charge on any atom is 0.326 e. The number of hydrogen-bond donors (Lipinski definition) is 2. The van der Waals surface area contributed by atoms with Crippen molar-refractivity contribution in [2.75, 3.05) is 5.32 Å². The highest BCUT2D eigenvalue weighted by Crippen LogP contribution is 2.24. The van der Waals surface area contributed by atoms with Gasteiger partial charge in [0, 0.05) is 11.3 Å². The zero-order chi connectivity index (χ0) is 18.4. The minimum absolute atomic E-state index is 0.289. The zero-order valence-electron chi connectivity index (χ0n) is 15.0. The van der Waals surface area contributed by atoms with Crippen molar-refractivity contribution in [1.82, 2.24) is 5.32 Å². The van der Waals surface area contributed by atoms with E-state index in [0.29, 0.717) is 11.3 Å². The Hall–Kier alpha value is -2.82. The van der Waals surface area contributed by atoms with Crippen LogP contribution < -0.4 is 15.4 Å². The Bertz CT molecular complexity index is 765. The molecule has 0 bridgehead atoms. The third kappa shape index (κ3) is 4.85. The van der Waals surface area contributed by atoms with Gasteiger partial charge >= 0.3 is 6.03 Å². The second-order valence-electron chi connectivity index (χ2n) is 6.63. The molecule has 136 valence electrons. The van der Waals surface area contributed by atoms with Gasteiger partial charge in [0.05, 0.1) is 6.10 Å². The van der Waals surface area contributed by atoms with Crippen LogP contribution in [-0.2, 0) is 0 Å². The van der Waals surface area contributed by atoms with Crippen molar-refractivity contribution in [3.8, 4) is 5.75 Å². The van der Waals surface area contributed by atoms with Crippen molar-refractivity contribution in [2.45, 2.75) is 45.1 Å². The summed E-state index contributed by atoms with van der Waals surface area (Å²) < 4.78 is 5.97. The molecule has 2 aromatic rings. The Labute approximate surface area is 153 Å². The Morgan fingerprint density at radius 1 is 0.962 bits per heavy atom. The van der Waals surface area contributed by atoms with Gasteiger partial charge in [-0.25, -0.2) is 4.79 Å². The molecule has 0 heterocycles. The average Bonchev–Trinajstić information content (AvgIpc) is 2.64. The summed E-state index contributed by atoms with van der Waals surface area (Å²) in [5.41, 5.74) is 1.91. The average molecular weight is 352 g/mol. The summed E-state index contributed by atoms with van der Waals surface area (Å²) in [6.07, 6.45) is 6.22. The number of ether oxygens (including phenoxy) is 1. The van der Waals surface area contributed by atoms with Crippen molar-refractivity contribution in [3.63, 3.8) is 0 Å². The maximum atomic E-state index is 12.1. The number of carbonyl (C=O) groups is 2. The smallest absolute Gasteiger partial charge is 0.326 e. The second kappa shape index (κ2) is 8.52. The van der Waals surface area contributed by atoms with E-state index in [1.54, 1.807) is 24.3 Å². The van der Waals surface area contributed by atoms with E-state index < -0.39 is 11.9 Å². The number of aryl methyl sites for hydroxylation is 1. The van der Waals surface area contributed by atoms with E-state index in [4.69, 9.17) is 4.74 Å². The minimum atomic E-state index is -0.556. The fourth-order valence-corrected chi connectivity index (χ4v) is 3.15. The van der Waals surface area contributed by atoms with Gasteiger partial charge < -0.3 is 10.1 Å². The molecule has 0 radical (unpaired) electrons. The van der Waals surface area contributed by atoms with Crippen LogP contribution in [0, 0.1) is 6.92 Å². The topological polar surface area (TPSA) is 67.4 Å². The standard InChI is InChI=1S/C21H24N2O3/c1-15-7-5-6-10-19(15)20(24)23-21(25)22-16-11-13-18(14-12-16)26-17-8-3-2-4-9-17/h5-7,10-14,17H,2-4,8-9H2,1H3,(H2,22,23,24,25). The van der Waals surface area contributed by atoms with Gasteiger partial charge in [0.2, 0.25) is 0 Å². The highest BCUT2D eigenvalue weighted by atomic mass is 16.5. The van der Waals surface area contributed by atoms with E-state index in [1.807, 2.05) is 31.2 Å². The third-order valence-electron chi connectivity index (χ3n) is 4.58. The van der Waals surface area contributed by atoms with Gasteiger partial charge in [0.15, 0.2) is 0 Å². The predicted molar refractivity (Wildman–Crippen MR) is 102 cm³/mol. The van der Waals surface area contributed by atoms with Crippen molar-refractivity contribution < 1.29 is 14.3 Å². The first kappa shape index (κ1) is 18.0. The predicted octanol–water partition coefficient (Wildman–Crippen LogP) is 4.67. The molecule has 3 rings (SSSR count). The summed E-state index contributed by atoms with van der Waals surface area (Å²) in [6, 6.07) is 13.8. The summed E-state index contributed by atoms with van der Waals surface area (Å²) in [6.45, 7) is 1.83. The molecule has 1 saturated carbocycles. The Balaban J connectivity index is 1.52. The monoisotopic (exact) mass is 352 g/mol. The molecule has 26 heavy (non-hydrogen) atoms. The molecule has 0 aliphatic heterocycles. The van der Waals surface area contributed by atoms with Crippen LogP contribution in [0.2, 0.25) is 0 Å². The van der Waals surface area contributed by atoms with Crippen LogP contribution >= 0.6 is 0 Å². The van der Waals surface area contributed by atoms with Crippen molar-refractivity contribution in [2.24, 2.45) is 0 Å². The fourth-order valence-electron chi connectivity index (χ4n) is 3.15. The molecule has 1 aliphatic rings. The van der Waals surface area contributed by atoms with E-state index in [1.165, 1.54) is 19.3 Å². The number of benzene rings is 2. The molecule has 0 aromatic heterocycles. The molecular weight excluding hydrogens is 328 g/mol. The molecule has 0 spiro atoms. The molecule has 1 fully saturated rings. The summed E-state index contributed by atoms with van der Waals surface area (Å²) >= 11 is 0. The van der Waals surface area contributed by atoms with Crippen LogP contribution in [0.4, 0.5) is 10.5 Å².